The van der Waals surface area contributed by atoms with Gasteiger partial charge in [-0.1, -0.05) is 18.9 Å². The number of unbranched alkanes of at least 4 members (excludes halogenated alkanes) is 3. The average molecular weight is 236 g/mol. The third kappa shape index (κ3) is 6.68. The van der Waals surface area contributed by atoms with Gasteiger partial charge in [-0.25, -0.2) is 0 Å². The second-order valence-corrected chi connectivity index (χ2v) is 4.03. The molecule has 0 aliphatic carbocycles. The Labute approximate surface area is 102 Å². The molecule has 0 spiro atoms. The van der Waals surface area contributed by atoms with E-state index in [0.29, 0.717) is 13.0 Å². The van der Waals surface area contributed by atoms with Crippen molar-refractivity contribution in [3.05, 3.63) is 30.1 Å². The number of nitrogens with zero attached hydrogens (tertiary/aromatic N) is 1. The molecule has 1 aromatic rings. The lowest BCUT2D eigenvalue weighted by molar-refractivity contribution is -0.120. The summed E-state index contributed by atoms with van der Waals surface area (Å²) in [5, 5.41) is 11.5. The Morgan fingerprint density at radius 2 is 2.12 bits per heavy atom. The maximum absolute atomic E-state index is 11.5. The van der Waals surface area contributed by atoms with Crippen molar-refractivity contribution in [3.8, 4) is 0 Å². The van der Waals surface area contributed by atoms with Gasteiger partial charge in [0.2, 0.25) is 5.91 Å². The highest BCUT2D eigenvalue weighted by molar-refractivity contribution is 5.78. The van der Waals surface area contributed by atoms with Crippen LogP contribution in [0.2, 0.25) is 0 Å². The number of rotatable bonds is 8. The fourth-order valence-corrected chi connectivity index (χ4v) is 1.57. The van der Waals surface area contributed by atoms with Gasteiger partial charge in [0.1, 0.15) is 0 Å². The van der Waals surface area contributed by atoms with Gasteiger partial charge in [0.25, 0.3) is 0 Å². The zero-order valence-corrected chi connectivity index (χ0v) is 10.1. The van der Waals surface area contributed by atoms with Crippen molar-refractivity contribution in [3.63, 3.8) is 0 Å². The molecule has 4 nitrogen and oxygen atoms in total. The smallest absolute Gasteiger partial charge is 0.224 e. The van der Waals surface area contributed by atoms with E-state index in [4.69, 9.17) is 5.11 Å². The van der Waals surface area contributed by atoms with Gasteiger partial charge in [-0.3, -0.25) is 9.78 Å². The molecular weight excluding hydrogens is 216 g/mol. The number of carbonyl (C=O) groups is 1. The molecule has 1 aromatic heterocycles. The predicted octanol–water partition coefficient (Wildman–Crippen LogP) is 1.29. The van der Waals surface area contributed by atoms with Crippen LogP contribution in [0.25, 0.3) is 0 Å². The van der Waals surface area contributed by atoms with E-state index in [9.17, 15) is 4.79 Å². The summed E-state index contributed by atoms with van der Waals surface area (Å²) < 4.78 is 0. The lowest BCUT2D eigenvalue weighted by atomic mass is 10.2. The van der Waals surface area contributed by atoms with Crippen LogP contribution in [-0.2, 0) is 11.2 Å². The fraction of sp³-hybridized carbons (Fsp3) is 0.538. The zero-order chi connectivity index (χ0) is 12.3. The van der Waals surface area contributed by atoms with Crippen LogP contribution >= 0.6 is 0 Å². The lowest BCUT2D eigenvalue weighted by Gasteiger charge is -2.04. The molecule has 0 unspecified atom stereocenters. The van der Waals surface area contributed by atoms with Gasteiger partial charge in [0.15, 0.2) is 0 Å². The summed E-state index contributed by atoms with van der Waals surface area (Å²) in [5.74, 6) is 0.0418. The van der Waals surface area contributed by atoms with Gasteiger partial charge >= 0.3 is 0 Å². The van der Waals surface area contributed by atoms with Crippen LogP contribution in [0.5, 0.6) is 0 Å². The van der Waals surface area contributed by atoms with Gasteiger partial charge in [-0.05, 0) is 24.5 Å². The monoisotopic (exact) mass is 236 g/mol. The first kappa shape index (κ1) is 13.6. The molecule has 2 N–H and O–H groups in total. The van der Waals surface area contributed by atoms with Gasteiger partial charge in [0, 0.05) is 25.5 Å². The molecule has 0 atom stereocenters. The first-order valence-corrected chi connectivity index (χ1v) is 6.09. The fourth-order valence-electron chi connectivity index (χ4n) is 1.57. The maximum Gasteiger partial charge on any atom is 0.224 e. The average Bonchev–Trinajstić information content (AvgIpc) is 2.35. The highest BCUT2D eigenvalue weighted by atomic mass is 16.2. The number of pyridine rings is 1. The Morgan fingerprint density at radius 3 is 2.82 bits per heavy atom. The first-order chi connectivity index (χ1) is 8.33. The van der Waals surface area contributed by atoms with Gasteiger partial charge in [-0.15, -0.1) is 0 Å². The lowest BCUT2D eigenvalue weighted by Crippen LogP contribution is -2.26. The second-order valence-electron chi connectivity index (χ2n) is 4.03. The second kappa shape index (κ2) is 8.70. The van der Waals surface area contributed by atoms with E-state index in [0.717, 1.165) is 31.2 Å². The van der Waals surface area contributed by atoms with Crippen LogP contribution in [0.4, 0.5) is 0 Å². The van der Waals surface area contributed by atoms with Crippen molar-refractivity contribution in [1.82, 2.24) is 10.3 Å². The van der Waals surface area contributed by atoms with E-state index in [1.54, 1.807) is 12.4 Å². The number of carbonyl (C=O) groups excluding carboxylic acids is 1. The van der Waals surface area contributed by atoms with E-state index in [1.807, 2.05) is 12.1 Å². The Hall–Kier alpha value is -1.42. The third-order valence-electron chi connectivity index (χ3n) is 2.49. The number of aliphatic hydroxyl groups is 1. The van der Waals surface area contributed by atoms with Crippen molar-refractivity contribution in [2.75, 3.05) is 13.2 Å². The van der Waals surface area contributed by atoms with E-state index < -0.39 is 0 Å². The summed E-state index contributed by atoms with van der Waals surface area (Å²) in [6.45, 7) is 0.970. The minimum Gasteiger partial charge on any atom is -0.396 e. The van der Waals surface area contributed by atoms with Crippen LogP contribution in [-0.4, -0.2) is 29.1 Å². The van der Waals surface area contributed by atoms with E-state index in [1.165, 1.54) is 0 Å². The van der Waals surface area contributed by atoms with Gasteiger partial charge in [0.05, 0.1) is 6.42 Å². The van der Waals surface area contributed by atoms with Crippen molar-refractivity contribution >= 4 is 5.91 Å². The third-order valence-corrected chi connectivity index (χ3v) is 2.49. The molecule has 0 aliphatic heterocycles. The molecule has 0 radical (unpaired) electrons. The normalized spacial score (nSPS) is 10.2. The highest BCUT2D eigenvalue weighted by Gasteiger charge is 2.01. The largest absolute Gasteiger partial charge is 0.396 e. The molecule has 0 saturated heterocycles. The van der Waals surface area contributed by atoms with E-state index in [-0.39, 0.29) is 12.5 Å². The quantitative estimate of drug-likeness (QED) is 0.669. The summed E-state index contributed by atoms with van der Waals surface area (Å²) in [4.78, 5) is 15.5. The summed E-state index contributed by atoms with van der Waals surface area (Å²) in [6, 6.07) is 3.73. The molecule has 94 valence electrons. The molecule has 0 aromatic carbocycles. The summed E-state index contributed by atoms with van der Waals surface area (Å²) in [7, 11) is 0. The summed E-state index contributed by atoms with van der Waals surface area (Å²) in [6.07, 6.45) is 7.69. The Morgan fingerprint density at radius 1 is 1.29 bits per heavy atom. The van der Waals surface area contributed by atoms with Crippen molar-refractivity contribution in [2.45, 2.75) is 32.1 Å². The number of amides is 1. The number of aliphatic hydroxyl groups excluding tert-OH is 1. The van der Waals surface area contributed by atoms with Crippen LogP contribution in [0.1, 0.15) is 31.2 Å². The molecule has 0 fully saturated rings. The molecule has 0 bridgehead atoms. The molecule has 0 aliphatic rings. The molecule has 4 heteroatoms. The number of hydrogen-bond acceptors (Lipinski definition) is 3. The predicted molar refractivity (Wildman–Crippen MR) is 66.5 cm³/mol. The standard InChI is InChI=1S/C13H20N2O2/c16-9-4-2-1-3-8-15-13(17)10-12-6-5-7-14-11-12/h5-7,11,16H,1-4,8-10H2,(H,15,17). The molecule has 1 amide bonds. The highest BCUT2D eigenvalue weighted by Crippen LogP contribution is 1.99. The Balaban J connectivity index is 2.06. The van der Waals surface area contributed by atoms with Crippen LogP contribution in [0, 0.1) is 0 Å². The minimum atomic E-state index is 0.0418. The van der Waals surface area contributed by atoms with Gasteiger partial charge < -0.3 is 10.4 Å². The van der Waals surface area contributed by atoms with Crippen molar-refractivity contribution < 1.29 is 9.90 Å². The summed E-state index contributed by atoms with van der Waals surface area (Å²) in [5.41, 5.74) is 0.935. The Kier molecular flexibility index (Phi) is 6.98. The molecule has 0 saturated carbocycles. The van der Waals surface area contributed by atoms with E-state index >= 15 is 0 Å². The van der Waals surface area contributed by atoms with Crippen LogP contribution in [0.15, 0.2) is 24.5 Å². The SMILES string of the molecule is O=C(Cc1cccnc1)NCCCCCCO. The number of hydrogen-bond donors (Lipinski definition) is 2. The van der Waals surface area contributed by atoms with Crippen molar-refractivity contribution in [1.29, 1.82) is 0 Å². The first-order valence-electron chi connectivity index (χ1n) is 6.09. The Bertz CT molecular complexity index is 314. The topological polar surface area (TPSA) is 62.2 Å². The van der Waals surface area contributed by atoms with Crippen LogP contribution in [0.3, 0.4) is 0 Å². The molecular formula is C13H20N2O2. The van der Waals surface area contributed by atoms with Crippen molar-refractivity contribution in [2.24, 2.45) is 0 Å². The van der Waals surface area contributed by atoms with E-state index in [2.05, 4.69) is 10.3 Å². The number of nitrogens with one attached hydrogen (secondary N) is 1. The maximum atomic E-state index is 11.5. The zero-order valence-electron chi connectivity index (χ0n) is 10.1. The summed E-state index contributed by atoms with van der Waals surface area (Å²) >= 11 is 0. The molecule has 1 rings (SSSR count). The minimum absolute atomic E-state index is 0.0418. The molecule has 17 heavy (non-hydrogen) atoms. The number of aromatic nitrogens is 1. The molecule has 1 heterocycles. The van der Waals surface area contributed by atoms with Crippen LogP contribution < -0.4 is 5.32 Å². The van der Waals surface area contributed by atoms with Gasteiger partial charge in [-0.2, -0.15) is 0 Å².